The molecule has 12 heavy (non-hydrogen) atoms. The van der Waals surface area contributed by atoms with Gasteiger partial charge in [-0.2, -0.15) is 0 Å². The predicted molar refractivity (Wildman–Crippen MR) is 54.4 cm³/mol. The molecule has 0 heterocycles. The van der Waals surface area contributed by atoms with Crippen LogP contribution in [0.4, 0.5) is 0 Å². The Morgan fingerprint density at radius 1 is 1.42 bits per heavy atom. The van der Waals surface area contributed by atoms with Crippen molar-refractivity contribution in [1.82, 2.24) is 5.01 Å². The highest BCUT2D eigenvalue weighted by Gasteiger charge is 1.97. The summed E-state index contributed by atoms with van der Waals surface area (Å²) in [6.07, 6.45) is 4.00. The minimum atomic E-state index is 0.787. The van der Waals surface area contributed by atoms with E-state index < -0.39 is 0 Å². The molecule has 0 spiro atoms. The van der Waals surface area contributed by atoms with Gasteiger partial charge < -0.3 is 5.01 Å². The summed E-state index contributed by atoms with van der Waals surface area (Å²) in [5, 5.41) is 1.61. The Morgan fingerprint density at radius 2 is 2.00 bits per heavy atom. The van der Waals surface area contributed by atoms with E-state index in [4.69, 9.17) is 5.84 Å². The molecule has 70 valence electrons. The Labute approximate surface area is 75.7 Å². The molecule has 0 atom stereocenters. The minimum Gasteiger partial charge on any atom is -0.315 e. The number of hydrogen-bond acceptors (Lipinski definition) is 2. The lowest BCUT2D eigenvalue weighted by Gasteiger charge is -2.15. The number of hydrogen-bond donors (Lipinski definition) is 1. The van der Waals surface area contributed by atoms with E-state index in [1.165, 1.54) is 17.6 Å². The first-order chi connectivity index (χ1) is 5.61. The van der Waals surface area contributed by atoms with E-state index in [2.05, 4.69) is 27.4 Å². The number of nitrogens with two attached hydrogens (primary N) is 1. The van der Waals surface area contributed by atoms with Gasteiger partial charge in [0.1, 0.15) is 0 Å². The van der Waals surface area contributed by atoms with Crippen molar-refractivity contribution in [3.63, 3.8) is 0 Å². The van der Waals surface area contributed by atoms with Crippen molar-refractivity contribution in [1.29, 1.82) is 0 Å². The van der Waals surface area contributed by atoms with Crippen LogP contribution in [-0.2, 0) is 0 Å². The number of nitrogens with zero attached hydrogens (tertiary/aromatic N) is 1. The highest BCUT2D eigenvalue weighted by molar-refractivity contribution is 5.11. The molecular formula is C10H20N2. The molecule has 0 saturated heterocycles. The van der Waals surface area contributed by atoms with E-state index in [9.17, 15) is 0 Å². The van der Waals surface area contributed by atoms with Crippen molar-refractivity contribution in [3.8, 4) is 0 Å². The van der Waals surface area contributed by atoms with Crippen molar-refractivity contribution < 1.29 is 0 Å². The van der Waals surface area contributed by atoms with Crippen molar-refractivity contribution in [3.05, 3.63) is 23.9 Å². The molecule has 2 nitrogen and oxygen atoms in total. The van der Waals surface area contributed by atoms with Crippen LogP contribution in [0.15, 0.2) is 23.9 Å². The predicted octanol–water partition coefficient (Wildman–Crippen LogP) is 2.44. The Kier molecular flexibility index (Phi) is 5.47. The van der Waals surface area contributed by atoms with Crippen molar-refractivity contribution in [2.45, 2.75) is 33.6 Å². The lowest BCUT2D eigenvalue weighted by molar-refractivity contribution is 0.427. The van der Waals surface area contributed by atoms with Gasteiger partial charge in [0, 0.05) is 6.20 Å². The lowest BCUT2D eigenvalue weighted by Crippen LogP contribution is -2.26. The lowest BCUT2D eigenvalue weighted by atomic mass is 10.1. The van der Waals surface area contributed by atoms with Gasteiger partial charge in [0.05, 0.1) is 6.54 Å². The maximum Gasteiger partial charge on any atom is 0.0545 e. The fraction of sp³-hybridized carbons (Fsp3) is 0.600. The molecule has 0 aliphatic carbocycles. The van der Waals surface area contributed by atoms with Gasteiger partial charge in [0.15, 0.2) is 0 Å². The van der Waals surface area contributed by atoms with Gasteiger partial charge in [-0.15, -0.1) is 0 Å². The van der Waals surface area contributed by atoms with Crippen LogP contribution in [0.5, 0.6) is 0 Å². The fourth-order valence-electron chi connectivity index (χ4n) is 1.06. The van der Waals surface area contributed by atoms with Gasteiger partial charge in [0.2, 0.25) is 0 Å². The molecule has 0 aliphatic heterocycles. The Bertz CT molecular complexity index is 171. The number of allylic oxidation sites excluding steroid dienone is 1. The monoisotopic (exact) mass is 168 g/mol. The summed E-state index contributed by atoms with van der Waals surface area (Å²) in [5.41, 5.74) is 2.79. The summed E-state index contributed by atoms with van der Waals surface area (Å²) in [6.45, 7) is 10.9. The molecule has 0 aliphatic rings. The second-order valence-corrected chi connectivity index (χ2v) is 3.17. The van der Waals surface area contributed by atoms with Gasteiger partial charge in [-0.1, -0.05) is 31.1 Å². The van der Waals surface area contributed by atoms with E-state index in [1.54, 1.807) is 11.2 Å². The Hall–Kier alpha value is -0.760. The first-order valence-electron chi connectivity index (χ1n) is 4.41. The minimum absolute atomic E-state index is 0.787. The summed E-state index contributed by atoms with van der Waals surface area (Å²) in [4.78, 5) is 0. The number of rotatable bonds is 5. The summed E-state index contributed by atoms with van der Waals surface area (Å²) >= 11 is 0. The highest BCUT2D eigenvalue weighted by atomic mass is 15.4. The maximum atomic E-state index is 5.59. The molecule has 0 aromatic carbocycles. The van der Waals surface area contributed by atoms with E-state index in [0.29, 0.717) is 0 Å². The molecule has 0 unspecified atom stereocenters. The SMILES string of the molecule is C=CN(N)CC(C)=C(C)CCC. The summed E-state index contributed by atoms with van der Waals surface area (Å²) in [6, 6.07) is 0. The Balaban J connectivity index is 4.06. The molecule has 0 amide bonds. The van der Waals surface area contributed by atoms with E-state index in [-0.39, 0.29) is 0 Å². The van der Waals surface area contributed by atoms with Crippen LogP contribution < -0.4 is 5.84 Å². The van der Waals surface area contributed by atoms with Crippen LogP contribution in [0.2, 0.25) is 0 Å². The highest BCUT2D eigenvalue weighted by Crippen LogP contribution is 2.10. The molecule has 0 bridgehead atoms. The van der Waals surface area contributed by atoms with E-state index in [1.807, 2.05) is 0 Å². The average Bonchev–Trinajstić information content (AvgIpc) is 2.04. The zero-order valence-electron chi connectivity index (χ0n) is 8.43. The molecule has 0 aromatic heterocycles. The van der Waals surface area contributed by atoms with Crippen LogP contribution in [0, 0.1) is 0 Å². The van der Waals surface area contributed by atoms with Crippen LogP contribution in [0.1, 0.15) is 33.6 Å². The average molecular weight is 168 g/mol. The molecule has 0 radical (unpaired) electrons. The van der Waals surface area contributed by atoms with Crippen molar-refractivity contribution in [2.75, 3.05) is 6.54 Å². The van der Waals surface area contributed by atoms with Crippen LogP contribution >= 0.6 is 0 Å². The van der Waals surface area contributed by atoms with Crippen LogP contribution in [0.25, 0.3) is 0 Å². The smallest absolute Gasteiger partial charge is 0.0545 e. The van der Waals surface area contributed by atoms with Gasteiger partial charge >= 0.3 is 0 Å². The first kappa shape index (κ1) is 11.2. The molecule has 0 rings (SSSR count). The van der Waals surface area contributed by atoms with Crippen LogP contribution in [0.3, 0.4) is 0 Å². The maximum absolute atomic E-state index is 5.59. The van der Waals surface area contributed by atoms with Gasteiger partial charge in [-0.05, 0) is 20.3 Å². The number of hydrazine groups is 1. The summed E-state index contributed by atoms with van der Waals surface area (Å²) in [7, 11) is 0. The summed E-state index contributed by atoms with van der Waals surface area (Å²) < 4.78 is 0. The van der Waals surface area contributed by atoms with E-state index in [0.717, 1.165) is 13.0 Å². The Morgan fingerprint density at radius 3 is 2.42 bits per heavy atom. The zero-order valence-corrected chi connectivity index (χ0v) is 8.43. The third kappa shape index (κ3) is 4.19. The third-order valence-corrected chi connectivity index (χ3v) is 2.01. The largest absolute Gasteiger partial charge is 0.315 e. The molecule has 2 N–H and O–H groups in total. The quantitative estimate of drug-likeness (QED) is 0.388. The first-order valence-corrected chi connectivity index (χ1v) is 4.41. The molecule has 0 saturated carbocycles. The van der Waals surface area contributed by atoms with Gasteiger partial charge in [-0.3, -0.25) is 0 Å². The fourth-order valence-corrected chi connectivity index (χ4v) is 1.06. The second-order valence-electron chi connectivity index (χ2n) is 3.17. The second kappa shape index (κ2) is 5.84. The molecule has 0 aromatic rings. The molecule has 2 heteroatoms. The zero-order chi connectivity index (χ0) is 9.56. The van der Waals surface area contributed by atoms with Gasteiger partial charge in [-0.25, -0.2) is 5.84 Å². The standard InChI is InChI=1S/C10H20N2/c1-5-7-9(3)10(4)8-12(11)6-2/h6H,2,5,7-8,11H2,1,3-4H3. The van der Waals surface area contributed by atoms with Gasteiger partial charge in [0.25, 0.3) is 0 Å². The van der Waals surface area contributed by atoms with Crippen molar-refractivity contribution in [2.24, 2.45) is 5.84 Å². The topological polar surface area (TPSA) is 29.3 Å². The van der Waals surface area contributed by atoms with Crippen LogP contribution in [-0.4, -0.2) is 11.6 Å². The van der Waals surface area contributed by atoms with E-state index >= 15 is 0 Å². The normalized spacial score (nSPS) is 12.3. The summed E-state index contributed by atoms with van der Waals surface area (Å²) in [5.74, 6) is 5.59. The molecular weight excluding hydrogens is 148 g/mol. The van der Waals surface area contributed by atoms with Crippen molar-refractivity contribution >= 4 is 0 Å². The third-order valence-electron chi connectivity index (χ3n) is 2.01. The molecule has 0 fully saturated rings.